The Hall–Kier alpha value is -0.670. The number of hydrogen-bond acceptors (Lipinski definition) is 3. The minimum Gasteiger partial charge on any atom is -0.296 e. The van der Waals surface area contributed by atoms with Gasteiger partial charge in [0.05, 0.1) is 11.4 Å². The van der Waals surface area contributed by atoms with Crippen molar-refractivity contribution in [2.45, 2.75) is 39.5 Å². The van der Waals surface area contributed by atoms with E-state index < -0.39 is 0 Å². The van der Waals surface area contributed by atoms with Crippen molar-refractivity contribution in [2.75, 3.05) is 19.6 Å². The fraction of sp³-hybridized carbons (Fsp3) is 0.667. The fourth-order valence-electron chi connectivity index (χ4n) is 2.55. The first kappa shape index (κ1) is 13.8. The highest BCUT2D eigenvalue weighted by Gasteiger charge is 2.20. The molecule has 1 fully saturated rings. The molecule has 0 bridgehead atoms. The van der Waals surface area contributed by atoms with Crippen LogP contribution in [-0.2, 0) is 6.42 Å². The van der Waals surface area contributed by atoms with Crippen molar-refractivity contribution in [3.8, 4) is 0 Å². The maximum Gasteiger partial charge on any atom is 0.186 e. The first-order chi connectivity index (χ1) is 8.72. The monoisotopic (exact) mass is 265 g/mol. The second-order valence-electron chi connectivity index (χ2n) is 5.17. The molecule has 0 unspecified atom stereocenters. The third kappa shape index (κ3) is 3.42. The molecule has 0 aliphatic carbocycles. The van der Waals surface area contributed by atoms with Crippen molar-refractivity contribution < 1.29 is 4.79 Å². The minimum absolute atomic E-state index is 0.301. The predicted molar refractivity (Wildman–Crippen MR) is 77.5 cm³/mol. The van der Waals surface area contributed by atoms with E-state index in [1.165, 1.54) is 24.1 Å². The summed E-state index contributed by atoms with van der Waals surface area (Å²) >= 11 is 1.66. The van der Waals surface area contributed by atoms with Crippen LogP contribution in [0.1, 0.15) is 47.7 Å². The van der Waals surface area contributed by atoms with E-state index in [-0.39, 0.29) is 0 Å². The van der Waals surface area contributed by atoms with Gasteiger partial charge in [-0.15, -0.1) is 11.3 Å². The highest BCUT2D eigenvalue weighted by atomic mass is 32.1. The van der Waals surface area contributed by atoms with Crippen LogP contribution >= 0.6 is 11.3 Å². The Morgan fingerprint density at radius 1 is 1.33 bits per heavy atom. The van der Waals surface area contributed by atoms with Crippen LogP contribution in [0.4, 0.5) is 0 Å². The molecule has 2 rings (SSSR count). The molecule has 2 heterocycles. The molecule has 0 aromatic carbocycles. The van der Waals surface area contributed by atoms with E-state index in [9.17, 15) is 4.79 Å². The molecule has 0 saturated carbocycles. The molecule has 3 heteroatoms. The number of hydrogen-bond donors (Lipinski definition) is 0. The van der Waals surface area contributed by atoms with Crippen LogP contribution < -0.4 is 0 Å². The van der Waals surface area contributed by atoms with E-state index in [0.717, 1.165) is 30.3 Å². The van der Waals surface area contributed by atoms with Gasteiger partial charge in [0.2, 0.25) is 0 Å². The van der Waals surface area contributed by atoms with Crippen LogP contribution in [0, 0.1) is 5.92 Å². The van der Waals surface area contributed by atoms with Crippen LogP contribution in [0.25, 0.3) is 0 Å². The number of ketones is 1. The number of thiophene rings is 1. The first-order valence-electron chi connectivity index (χ1n) is 7.07. The van der Waals surface area contributed by atoms with Gasteiger partial charge in [-0.25, -0.2) is 0 Å². The molecule has 1 aliphatic heterocycles. The Labute approximate surface area is 114 Å². The first-order valence-corrected chi connectivity index (χ1v) is 7.88. The number of rotatable bonds is 5. The Kier molecular flexibility index (Phi) is 4.95. The zero-order valence-electron chi connectivity index (χ0n) is 11.4. The summed E-state index contributed by atoms with van der Waals surface area (Å²) in [5.41, 5.74) is 0. The highest BCUT2D eigenvalue weighted by Crippen LogP contribution is 2.21. The summed E-state index contributed by atoms with van der Waals surface area (Å²) in [5, 5.41) is 0. The Balaban J connectivity index is 1.84. The van der Waals surface area contributed by atoms with Gasteiger partial charge in [0.15, 0.2) is 5.78 Å². The lowest BCUT2D eigenvalue weighted by Crippen LogP contribution is -2.37. The average Bonchev–Trinajstić information content (AvgIpc) is 2.88. The zero-order valence-corrected chi connectivity index (χ0v) is 12.3. The van der Waals surface area contributed by atoms with Gasteiger partial charge in [-0.3, -0.25) is 9.69 Å². The number of likely N-dealkylation sites (tertiary alicyclic amines) is 1. The van der Waals surface area contributed by atoms with Crippen molar-refractivity contribution in [3.63, 3.8) is 0 Å². The smallest absolute Gasteiger partial charge is 0.186 e. The molecule has 1 aliphatic rings. The van der Waals surface area contributed by atoms with Crippen LogP contribution in [0.2, 0.25) is 0 Å². The summed E-state index contributed by atoms with van der Waals surface area (Å²) in [5.74, 6) is 1.18. The van der Waals surface area contributed by atoms with Gasteiger partial charge < -0.3 is 0 Å². The zero-order chi connectivity index (χ0) is 13.0. The molecule has 0 amide bonds. The number of Topliss-reactive ketones (excluding diaryl/α,β-unsaturated/α-hetero) is 1. The van der Waals surface area contributed by atoms with Crippen molar-refractivity contribution >= 4 is 17.1 Å². The summed E-state index contributed by atoms with van der Waals surface area (Å²) in [6.45, 7) is 7.20. The normalized spacial score (nSPS) is 18.1. The van der Waals surface area contributed by atoms with E-state index in [0.29, 0.717) is 12.3 Å². The number of piperidine rings is 1. The second kappa shape index (κ2) is 6.48. The molecule has 2 nitrogen and oxygen atoms in total. The number of carbonyl (C=O) groups excluding carboxylic acids is 1. The summed E-state index contributed by atoms with van der Waals surface area (Å²) in [7, 11) is 0. The van der Waals surface area contributed by atoms with E-state index in [2.05, 4.69) is 24.8 Å². The van der Waals surface area contributed by atoms with Crippen molar-refractivity contribution in [2.24, 2.45) is 5.92 Å². The molecule has 0 atom stereocenters. The second-order valence-corrected chi connectivity index (χ2v) is 6.34. The van der Waals surface area contributed by atoms with Gasteiger partial charge in [0.1, 0.15) is 0 Å². The predicted octanol–water partition coefficient (Wildman–Crippen LogP) is 3.62. The molecule has 0 radical (unpaired) electrons. The third-order valence-electron chi connectivity index (χ3n) is 3.94. The molecule has 1 aromatic heterocycles. The van der Waals surface area contributed by atoms with Crippen LogP contribution in [-0.4, -0.2) is 30.3 Å². The fourth-order valence-corrected chi connectivity index (χ4v) is 3.43. The summed E-state index contributed by atoms with van der Waals surface area (Å²) in [4.78, 5) is 16.7. The molecule has 18 heavy (non-hydrogen) atoms. The van der Waals surface area contributed by atoms with Crippen molar-refractivity contribution in [1.82, 2.24) is 4.90 Å². The van der Waals surface area contributed by atoms with Gasteiger partial charge in [0, 0.05) is 4.88 Å². The third-order valence-corrected chi connectivity index (χ3v) is 5.21. The average molecular weight is 265 g/mol. The number of aryl methyl sites for hydroxylation is 1. The maximum atomic E-state index is 12.2. The molecule has 0 spiro atoms. The van der Waals surface area contributed by atoms with Gasteiger partial charge in [-0.2, -0.15) is 0 Å². The van der Waals surface area contributed by atoms with Gasteiger partial charge >= 0.3 is 0 Å². The Bertz CT molecular complexity index is 391. The molecule has 100 valence electrons. The minimum atomic E-state index is 0.301. The standard InChI is InChI=1S/C15H23NOS/c1-3-12-7-9-16(10-8-12)11-14(17)15-6-5-13(4-2)18-15/h5-6,12H,3-4,7-11H2,1-2H3. The summed E-state index contributed by atoms with van der Waals surface area (Å²) in [6.07, 6.45) is 4.83. The van der Waals surface area contributed by atoms with Crippen LogP contribution in [0.15, 0.2) is 12.1 Å². The molecule has 1 aromatic rings. The van der Waals surface area contributed by atoms with E-state index >= 15 is 0 Å². The maximum absolute atomic E-state index is 12.2. The SMILES string of the molecule is CCc1ccc(C(=O)CN2CCC(CC)CC2)s1. The molecule has 1 saturated heterocycles. The van der Waals surface area contributed by atoms with E-state index in [1.54, 1.807) is 11.3 Å². The van der Waals surface area contributed by atoms with Gasteiger partial charge in [-0.1, -0.05) is 20.3 Å². The summed E-state index contributed by atoms with van der Waals surface area (Å²) < 4.78 is 0. The molecular weight excluding hydrogens is 242 g/mol. The number of carbonyl (C=O) groups is 1. The highest BCUT2D eigenvalue weighted by molar-refractivity contribution is 7.14. The lowest BCUT2D eigenvalue weighted by Gasteiger charge is -2.30. The van der Waals surface area contributed by atoms with Crippen molar-refractivity contribution in [1.29, 1.82) is 0 Å². The van der Waals surface area contributed by atoms with Gasteiger partial charge in [0.25, 0.3) is 0 Å². The number of nitrogens with zero attached hydrogens (tertiary/aromatic N) is 1. The molecule has 0 N–H and O–H groups in total. The lowest BCUT2D eigenvalue weighted by molar-refractivity contribution is 0.0898. The Morgan fingerprint density at radius 3 is 2.61 bits per heavy atom. The molecular formula is C15H23NOS. The van der Waals surface area contributed by atoms with Gasteiger partial charge in [-0.05, 0) is 50.4 Å². The van der Waals surface area contributed by atoms with Crippen molar-refractivity contribution in [3.05, 3.63) is 21.9 Å². The van der Waals surface area contributed by atoms with Crippen LogP contribution in [0.3, 0.4) is 0 Å². The van der Waals surface area contributed by atoms with Crippen LogP contribution in [0.5, 0.6) is 0 Å². The van der Waals surface area contributed by atoms with E-state index in [1.807, 2.05) is 6.07 Å². The lowest BCUT2D eigenvalue weighted by atomic mass is 9.94. The largest absolute Gasteiger partial charge is 0.296 e. The topological polar surface area (TPSA) is 20.3 Å². The quantitative estimate of drug-likeness (QED) is 0.758. The summed E-state index contributed by atoms with van der Waals surface area (Å²) in [6, 6.07) is 4.08. The van der Waals surface area contributed by atoms with E-state index in [4.69, 9.17) is 0 Å². The Morgan fingerprint density at radius 2 is 2.06 bits per heavy atom.